The van der Waals surface area contributed by atoms with E-state index in [1.807, 2.05) is 0 Å². The lowest BCUT2D eigenvalue weighted by atomic mass is 9.75. The highest BCUT2D eigenvalue weighted by Crippen LogP contribution is 2.35. The van der Waals surface area contributed by atoms with E-state index in [-0.39, 0.29) is 11.7 Å². The number of nitrogens with zero attached hydrogens (tertiary/aromatic N) is 1. The van der Waals surface area contributed by atoms with Crippen molar-refractivity contribution >= 4 is 11.7 Å². The van der Waals surface area contributed by atoms with Crippen LogP contribution in [0.2, 0.25) is 0 Å². The third-order valence-electron chi connectivity index (χ3n) is 3.88. The Morgan fingerprint density at radius 3 is 2.40 bits per heavy atom. The van der Waals surface area contributed by atoms with Crippen molar-refractivity contribution in [1.29, 1.82) is 0 Å². The van der Waals surface area contributed by atoms with Gasteiger partial charge in [0.1, 0.15) is 0 Å². The van der Waals surface area contributed by atoms with Crippen LogP contribution in [0, 0.1) is 11.8 Å². The van der Waals surface area contributed by atoms with Crippen LogP contribution in [0.3, 0.4) is 0 Å². The van der Waals surface area contributed by atoms with Crippen molar-refractivity contribution in [3.63, 3.8) is 0 Å². The zero-order chi connectivity index (χ0) is 10.8. The molecule has 2 atom stereocenters. The van der Waals surface area contributed by atoms with E-state index in [0.29, 0.717) is 5.92 Å². The zero-order valence-electron chi connectivity index (χ0n) is 9.37. The van der Waals surface area contributed by atoms with Crippen LogP contribution in [0.25, 0.3) is 0 Å². The lowest BCUT2D eigenvalue weighted by Crippen LogP contribution is -2.46. The molecule has 0 radical (unpaired) electrons. The molecular formula is C12H19NO2. The molecule has 0 bridgehead atoms. The summed E-state index contributed by atoms with van der Waals surface area (Å²) in [5, 5.41) is 0. The number of hydrogen-bond acceptors (Lipinski definition) is 2. The molecule has 0 N–H and O–H groups in total. The molecule has 1 aliphatic carbocycles. The molecule has 2 aliphatic rings. The molecule has 15 heavy (non-hydrogen) atoms. The first-order valence-electron chi connectivity index (χ1n) is 5.98. The van der Waals surface area contributed by atoms with Crippen molar-refractivity contribution in [2.75, 3.05) is 13.1 Å². The van der Waals surface area contributed by atoms with Crippen LogP contribution in [-0.2, 0) is 9.59 Å². The smallest absolute Gasteiger partial charge is 0.289 e. The molecule has 0 aromatic carbocycles. The summed E-state index contributed by atoms with van der Waals surface area (Å²) in [6.07, 6.45) is 6.31. The van der Waals surface area contributed by atoms with E-state index in [4.69, 9.17) is 0 Å². The first-order chi connectivity index (χ1) is 7.18. The summed E-state index contributed by atoms with van der Waals surface area (Å²) in [6, 6.07) is 0. The van der Waals surface area contributed by atoms with Gasteiger partial charge in [0.2, 0.25) is 5.78 Å². The predicted octanol–water partition coefficient (Wildman–Crippen LogP) is 1.61. The van der Waals surface area contributed by atoms with Crippen molar-refractivity contribution in [3.05, 3.63) is 0 Å². The van der Waals surface area contributed by atoms with Crippen LogP contribution in [-0.4, -0.2) is 29.7 Å². The van der Waals surface area contributed by atoms with Gasteiger partial charge in [0, 0.05) is 20.0 Å². The number of hydrogen-bond donors (Lipinski definition) is 0. The number of piperidine rings is 1. The van der Waals surface area contributed by atoms with Gasteiger partial charge < -0.3 is 4.90 Å². The van der Waals surface area contributed by atoms with Crippen LogP contribution in [0.5, 0.6) is 0 Å². The van der Waals surface area contributed by atoms with E-state index in [2.05, 4.69) is 0 Å². The summed E-state index contributed by atoms with van der Waals surface area (Å²) in [6.45, 7) is 2.98. The van der Waals surface area contributed by atoms with Crippen LogP contribution >= 0.6 is 0 Å². The van der Waals surface area contributed by atoms with Gasteiger partial charge in [-0.05, 0) is 24.7 Å². The fraction of sp³-hybridized carbons (Fsp3) is 0.833. The summed E-state index contributed by atoms with van der Waals surface area (Å²) in [5.74, 6) is 0.883. The van der Waals surface area contributed by atoms with Crippen molar-refractivity contribution < 1.29 is 9.59 Å². The van der Waals surface area contributed by atoms with Gasteiger partial charge in [0.05, 0.1) is 0 Å². The van der Waals surface area contributed by atoms with Gasteiger partial charge in [0.15, 0.2) is 0 Å². The largest absolute Gasteiger partial charge is 0.336 e. The standard InChI is InChI=1S/C12H19NO2/c1-9(14)12(15)13-7-6-10-4-2-3-5-11(10)8-13/h10-11H,2-8H2,1H3. The average Bonchev–Trinajstić information content (AvgIpc) is 2.27. The third kappa shape index (κ3) is 2.21. The summed E-state index contributed by atoms with van der Waals surface area (Å²) >= 11 is 0. The van der Waals surface area contributed by atoms with Crippen molar-refractivity contribution in [1.82, 2.24) is 4.90 Å². The SMILES string of the molecule is CC(=O)C(=O)N1CCC2CCCCC2C1. The molecule has 1 aliphatic heterocycles. The van der Waals surface area contributed by atoms with E-state index >= 15 is 0 Å². The van der Waals surface area contributed by atoms with Crippen LogP contribution in [0.1, 0.15) is 39.0 Å². The minimum absolute atomic E-state index is 0.279. The Balaban J connectivity index is 1.96. The summed E-state index contributed by atoms with van der Waals surface area (Å²) in [7, 11) is 0. The molecule has 0 spiro atoms. The van der Waals surface area contributed by atoms with Crippen molar-refractivity contribution in [2.24, 2.45) is 11.8 Å². The van der Waals surface area contributed by atoms with Crippen LogP contribution < -0.4 is 0 Å². The second kappa shape index (κ2) is 4.33. The minimum Gasteiger partial charge on any atom is -0.336 e. The highest BCUT2D eigenvalue weighted by atomic mass is 16.2. The number of fused-ring (bicyclic) bond motifs is 1. The van der Waals surface area contributed by atoms with Gasteiger partial charge in [-0.3, -0.25) is 9.59 Å². The topological polar surface area (TPSA) is 37.4 Å². The summed E-state index contributed by atoms with van der Waals surface area (Å²) < 4.78 is 0. The van der Waals surface area contributed by atoms with Gasteiger partial charge in [-0.15, -0.1) is 0 Å². The van der Waals surface area contributed by atoms with Gasteiger partial charge in [-0.25, -0.2) is 0 Å². The molecule has 84 valence electrons. The normalized spacial score (nSPS) is 30.9. The van der Waals surface area contributed by atoms with E-state index in [1.165, 1.54) is 32.6 Å². The first-order valence-corrected chi connectivity index (χ1v) is 5.98. The molecule has 1 amide bonds. The van der Waals surface area contributed by atoms with Crippen LogP contribution in [0.15, 0.2) is 0 Å². The second-order valence-electron chi connectivity index (χ2n) is 4.90. The Morgan fingerprint density at radius 1 is 1.07 bits per heavy atom. The number of carbonyl (C=O) groups excluding carboxylic acids is 2. The maximum atomic E-state index is 11.5. The number of carbonyl (C=O) groups is 2. The second-order valence-corrected chi connectivity index (χ2v) is 4.90. The average molecular weight is 209 g/mol. The highest BCUT2D eigenvalue weighted by Gasteiger charge is 2.33. The van der Waals surface area contributed by atoms with Gasteiger partial charge in [-0.2, -0.15) is 0 Å². The van der Waals surface area contributed by atoms with Crippen LogP contribution in [0.4, 0.5) is 0 Å². The molecule has 1 saturated carbocycles. The number of ketones is 1. The zero-order valence-corrected chi connectivity index (χ0v) is 9.37. The number of Topliss-reactive ketones (excluding diaryl/α,β-unsaturated/α-hetero) is 1. The molecule has 2 rings (SSSR count). The Kier molecular flexibility index (Phi) is 3.08. The molecule has 1 saturated heterocycles. The fourth-order valence-corrected chi connectivity index (χ4v) is 3.01. The lowest BCUT2D eigenvalue weighted by Gasteiger charge is -2.40. The van der Waals surface area contributed by atoms with E-state index in [1.54, 1.807) is 4.90 Å². The fourth-order valence-electron chi connectivity index (χ4n) is 3.01. The Bertz CT molecular complexity index is 275. The number of likely N-dealkylation sites (tertiary alicyclic amines) is 1. The number of rotatable bonds is 1. The Morgan fingerprint density at radius 2 is 1.73 bits per heavy atom. The van der Waals surface area contributed by atoms with Gasteiger partial charge in [-0.1, -0.05) is 19.3 Å². The molecule has 3 heteroatoms. The quantitative estimate of drug-likeness (QED) is 0.615. The van der Waals surface area contributed by atoms with E-state index < -0.39 is 0 Å². The molecule has 0 aromatic heterocycles. The monoisotopic (exact) mass is 209 g/mol. The minimum atomic E-state index is -0.316. The van der Waals surface area contributed by atoms with Gasteiger partial charge >= 0.3 is 0 Å². The third-order valence-corrected chi connectivity index (χ3v) is 3.88. The van der Waals surface area contributed by atoms with E-state index in [9.17, 15) is 9.59 Å². The predicted molar refractivity (Wildman–Crippen MR) is 57.3 cm³/mol. The summed E-state index contributed by atoms with van der Waals surface area (Å²) in [5.41, 5.74) is 0. The molecule has 2 fully saturated rings. The van der Waals surface area contributed by atoms with Gasteiger partial charge in [0.25, 0.3) is 5.91 Å². The number of amides is 1. The Labute approximate surface area is 90.8 Å². The molecule has 3 nitrogen and oxygen atoms in total. The van der Waals surface area contributed by atoms with Crippen molar-refractivity contribution in [3.8, 4) is 0 Å². The van der Waals surface area contributed by atoms with Crippen molar-refractivity contribution in [2.45, 2.75) is 39.0 Å². The maximum absolute atomic E-state index is 11.5. The summed E-state index contributed by atoms with van der Waals surface area (Å²) in [4.78, 5) is 24.3. The molecular weight excluding hydrogens is 190 g/mol. The maximum Gasteiger partial charge on any atom is 0.289 e. The Hall–Kier alpha value is -0.860. The highest BCUT2D eigenvalue weighted by molar-refractivity contribution is 6.35. The molecule has 2 unspecified atom stereocenters. The van der Waals surface area contributed by atoms with E-state index in [0.717, 1.165) is 25.4 Å². The molecule has 0 aromatic rings. The lowest BCUT2D eigenvalue weighted by molar-refractivity contribution is -0.145. The first kappa shape index (κ1) is 10.7. The molecule has 1 heterocycles.